The van der Waals surface area contributed by atoms with Crippen LogP contribution in [0.2, 0.25) is 10.0 Å². The number of anilines is 1. The Morgan fingerprint density at radius 2 is 1.71 bits per heavy atom. The fourth-order valence-electron chi connectivity index (χ4n) is 3.51. The summed E-state index contributed by atoms with van der Waals surface area (Å²) in [5.41, 5.74) is 3.76. The van der Waals surface area contributed by atoms with E-state index < -0.39 is 0 Å². The van der Waals surface area contributed by atoms with E-state index in [2.05, 4.69) is 10.3 Å². The van der Waals surface area contributed by atoms with Crippen LogP contribution in [0, 0.1) is 6.92 Å². The molecule has 158 valence electrons. The normalized spacial score (nSPS) is 10.5. The molecule has 4 nitrogen and oxygen atoms in total. The lowest BCUT2D eigenvalue weighted by atomic mass is 9.93. The van der Waals surface area contributed by atoms with Gasteiger partial charge in [-0.05, 0) is 43.3 Å². The molecular formula is C24H19Cl3N2O2. The number of hydrogen-bond acceptors (Lipinski definition) is 3. The molecule has 4 rings (SSSR count). The largest absolute Gasteiger partial charge is 0.495 e. The van der Waals surface area contributed by atoms with Gasteiger partial charge in [0.2, 0.25) is 0 Å². The number of carbonyl (C=O) groups excluding carboxylic acids is 1. The summed E-state index contributed by atoms with van der Waals surface area (Å²) in [7, 11) is 1.56. The number of pyridine rings is 1. The quantitative estimate of drug-likeness (QED) is 0.341. The lowest BCUT2D eigenvalue weighted by molar-refractivity contribution is 0.102. The maximum absolute atomic E-state index is 13.5. The molecule has 0 atom stereocenters. The van der Waals surface area contributed by atoms with E-state index in [0.717, 1.165) is 16.5 Å². The minimum Gasteiger partial charge on any atom is -0.495 e. The average molecular weight is 474 g/mol. The van der Waals surface area contributed by atoms with Gasteiger partial charge in [-0.3, -0.25) is 9.78 Å². The van der Waals surface area contributed by atoms with Crippen LogP contribution < -0.4 is 10.1 Å². The third-order valence-electron chi connectivity index (χ3n) is 4.85. The highest BCUT2D eigenvalue weighted by atomic mass is 35.5. The van der Waals surface area contributed by atoms with Crippen molar-refractivity contribution < 1.29 is 9.53 Å². The Kier molecular flexibility index (Phi) is 7.06. The second-order valence-corrected chi connectivity index (χ2v) is 7.59. The Hall–Kier alpha value is -2.79. The summed E-state index contributed by atoms with van der Waals surface area (Å²) >= 11 is 12.8. The van der Waals surface area contributed by atoms with Gasteiger partial charge < -0.3 is 10.1 Å². The third kappa shape index (κ3) is 4.47. The number of fused-ring (bicyclic) bond motifs is 1. The van der Waals surface area contributed by atoms with E-state index in [1.807, 2.05) is 49.4 Å². The highest BCUT2D eigenvalue weighted by Gasteiger charge is 2.23. The van der Waals surface area contributed by atoms with E-state index in [4.69, 9.17) is 27.9 Å². The summed E-state index contributed by atoms with van der Waals surface area (Å²) in [4.78, 5) is 18.1. The molecule has 0 saturated heterocycles. The van der Waals surface area contributed by atoms with Crippen molar-refractivity contribution in [3.63, 3.8) is 0 Å². The maximum atomic E-state index is 13.5. The highest BCUT2D eigenvalue weighted by Crippen LogP contribution is 2.38. The predicted molar refractivity (Wildman–Crippen MR) is 130 cm³/mol. The SMILES string of the molecule is COc1ccccc1NC(=O)c1c(C)nc2ccc(Cl)cc2c1-c1ccccc1Cl.Cl. The first-order valence-electron chi connectivity index (χ1n) is 9.28. The molecule has 1 amide bonds. The van der Waals surface area contributed by atoms with Gasteiger partial charge in [-0.25, -0.2) is 0 Å². The van der Waals surface area contributed by atoms with Crippen LogP contribution in [0.1, 0.15) is 16.1 Å². The molecule has 0 saturated carbocycles. The van der Waals surface area contributed by atoms with E-state index in [0.29, 0.717) is 38.3 Å². The zero-order chi connectivity index (χ0) is 21.3. The number of nitrogens with zero attached hydrogens (tertiary/aromatic N) is 1. The molecule has 0 spiro atoms. The Labute approximate surface area is 196 Å². The lowest BCUT2D eigenvalue weighted by Gasteiger charge is -2.17. The van der Waals surface area contributed by atoms with Crippen molar-refractivity contribution >= 4 is 58.1 Å². The van der Waals surface area contributed by atoms with E-state index in [9.17, 15) is 4.79 Å². The zero-order valence-electron chi connectivity index (χ0n) is 16.8. The van der Waals surface area contributed by atoms with E-state index in [-0.39, 0.29) is 18.3 Å². The van der Waals surface area contributed by atoms with Crippen molar-refractivity contribution in [2.24, 2.45) is 0 Å². The van der Waals surface area contributed by atoms with Crippen LogP contribution in [0.15, 0.2) is 66.7 Å². The monoisotopic (exact) mass is 472 g/mol. The number of hydrogen-bond donors (Lipinski definition) is 1. The molecule has 0 aliphatic rings. The number of carbonyl (C=O) groups is 1. The van der Waals surface area contributed by atoms with Gasteiger partial charge in [0.25, 0.3) is 5.91 Å². The first kappa shape index (κ1) is 22.9. The van der Waals surface area contributed by atoms with Gasteiger partial charge in [-0.2, -0.15) is 0 Å². The molecule has 0 radical (unpaired) electrons. The Morgan fingerprint density at radius 3 is 2.45 bits per heavy atom. The van der Waals surface area contributed by atoms with Gasteiger partial charge in [0.1, 0.15) is 5.75 Å². The number of amides is 1. The van der Waals surface area contributed by atoms with Crippen LogP contribution in [-0.2, 0) is 0 Å². The van der Waals surface area contributed by atoms with Crippen LogP contribution in [-0.4, -0.2) is 18.0 Å². The van der Waals surface area contributed by atoms with Crippen molar-refractivity contribution in [3.8, 4) is 16.9 Å². The van der Waals surface area contributed by atoms with Crippen molar-refractivity contribution in [1.82, 2.24) is 4.98 Å². The summed E-state index contributed by atoms with van der Waals surface area (Å²) in [6.07, 6.45) is 0. The number of nitrogens with one attached hydrogen (secondary N) is 1. The molecule has 0 bridgehead atoms. The van der Waals surface area contributed by atoms with Gasteiger partial charge >= 0.3 is 0 Å². The van der Waals surface area contributed by atoms with Gasteiger partial charge in [0.15, 0.2) is 0 Å². The van der Waals surface area contributed by atoms with Crippen LogP contribution in [0.3, 0.4) is 0 Å². The second kappa shape index (κ2) is 9.56. The first-order valence-corrected chi connectivity index (χ1v) is 10.0. The van der Waals surface area contributed by atoms with Gasteiger partial charge in [0, 0.05) is 26.6 Å². The molecule has 1 N–H and O–H groups in total. The van der Waals surface area contributed by atoms with Crippen molar-refractivity contribution in [2.45, 2.75) is 6.92 Å². The summed E-state index contributed by atoms with van der Waals surface area (Å²) in [5, 5.41) is 4.79. The smallest absolute Gasteiger partial charge is 0.258 e. The summed E-state index contributed by atoms with van der Waals surface area (Å²) < 4.78 is 5.36. The van der Waals surface area contributed by atoms with Gasteiger partial charge in [-0.15, -0.1) is 12.4 Å². The molecule has 4 aromatic rings. The summed E-state index contributed by atoms with van der Waals surface area (Å²) in [6.45, 7) is 1.81. The molecule has 31 heavy (non-hydrogen) atoms. The van der Waals surface area contributed by atoms with Gasteiger partial charge in [-0.1, -0.05) is 53.5 Å². The average Bonchev–Trinajstić information content (AvgIpc) is 2.74. The molecule has 0 unspecified atom stereocenters. The fraction of sp³-hybridized carbons (Fsp3) is 0.0833. The molecule has 0 aliphatic heterocycles. The number of aryl methyl sites for hydroxylation is 1. The number of para-hydroxylation sites is 2. The number of benzene rings is 3. The Balaban J connectivity index is 0.00000272. The summed E-state index contributed by atoms with van der Waals surface area (Å²) in [6, 6.07) is 20.1. The van der Waals surface area contributed by atoms with Crippen LogP contribution in [0.4, 0.5) is 5.69 Å². The molecular weight excluding hydrogens is 455 g/mol. The molecule has 3 aromatic carbocycles. The van der Waals surface area contributed by atoms with Crippen molar-refractivity contribution in [2.75, 3.05) is 12.4 Å². The van der Waals surface area contributed by atoms with Gasteiger partial charge in [0.05, 0.1) is 29.6 Å². The number of halogens is 3. The maximum Gasteiger partial charge on any atom is 0.258 e. The number of methoxy groups -OCH3 is 1. The molecule has 1 heterocycles. The zero-order valence-corrected chi connectivity index (χ0v) is 19.1. The topological polar surface area (TPSA) is 51.2 Å². The van der Waals surface area contributed by atoms with E-state index >= 15 is 0 Å². The molecule has 0 fully saturated rings. The number of ether oxygens (including phenoxy) is 1. The molecule has 1 aromatic heterocycles. The molecule has 7 heteroatoms. The third-order valence-corrected chi connectivity index (χ3v) is 5.42. The Bertz CT molecular complexity index is 1280. The first-order chi connectivity index (χ1) is 14.5. The molecule has 0 aliphatic carbocycles. The standard InChI is InChI=1S/C24H18Cl2N2O2.ClH/c1-14-22(24(29)28-20-9-5-6-10-21(20)30-2)23(16-7-3-4-8-18(16)26)17-13-15(25)11-12-19(17)27-14;/h3-13H,1-2H3,(H,28,29);1H. The van der Waals surface area contributed by atoms with E-state index in [1.54, 1.807) is 31.4 Å². The minimum absolute atomic E-state index is 0. The van der Waals surface area contributed by atoms with Crippen LogP contribution in [0.5, 0.6) is 5.75 Å². The predicted octanol–water partition coefficient (Wildman–Crippen LogP) is 7.20. The summed E-state index contributed by atoms with van der Waals surface area (Å²) in [5.74, 6) is 0.265. The number of rotatable bonds is 4. The fourth-order valence-corrected chi connectivity index (χ4v) is 3.91. The Morgan fingerprint density at radius 1 is 1.00 bits per heavy atom. The lowest BCUT2D eigenvalue weighted by Crippen LogP contribution is -2.16. The van der Waals surface area contributed by atoms with Crippen LogP contribution in [0.25, 0.3) is 22.0 Å². The van der Waals surface area contributed by atoms with Crippen molar-refractivity contribution in [1.29, 1.82) is 0 Å². The minimum atomic E-state index is -0.304. The van der Waals surface area contributed by atoms with Crippen LogP contribution >= 0.6 is 35.6 Å². The van der Waals surface area contributed by atoms with Crippen molar-refractivity contribution in [3.05, 3.63) is 88.0 Å². The van der Waals surface area contributed by atoms with E-state index in [1.165, 1.54) is 0 Å². The second-order valence-electron chi connectivity index (χ2n) is 6.74. The highest BCUT2D eigenvalue weighted by molar-refractivity contribution is 6.35. The number of aromatic nitrogens is 1.